The molecule has 0 aromatic heterocycles. The Bertz CT molecular complexity index is 664. The van der Waals surface area contributed by atoms with Gasteiger partial charge < -0.3 is 10.5 Å². The third-order valence-corrected chi connectivity index (χ3v) is 4.15. The maximum absolute atomic E-state index is 14.0. The van der Waals surface area contributed by atoms with Gasteiger partial charge >= 0.3 is 0 Å². The first-order valence-electron chi connectivity index (χ1n) is 6.21. The van der Waals surface area contributed by atoms with Crippen molar-refractivity contribution in [3.05, 3.63) is 62.8 Å². The van der Waals surface area contributed by atoms with Gasteiger partial charge in [-0.15, -0.1) is 0 Å². The first-order valence-corrected chi connectivity index (χ1v) is 7.38. The number of fused-ring (bicyclic) bond motifs is 1. The molecule has 2 aromatic rings. The molecule has 0 fully saturated rings. The van der Waals surface area contributed by atoms with E-state index < -0.39 is 6.10 Å². The highest BCUT2D eigenvalue weighted by Crippen LogP contribution is 2.41. The lowest BCUT2D eigenvalue weighted by Crippen LogP contribution is -2.24. The van der Waals surface area contributed by atoms with E-state index in [0.717, 1.165) is 10.0 Å². The summed E-state index contributed by atoms with van der Waals surface area (Å²) < 4.78 is 20.8. The molecule has 0 amide bonds. The molecular formula is C15H12BrClFNO. The van der Waals surface area contributed by atoms with Crippen LogP contribution in [0.5, 0.6) is 5.75 Å². The van der Waals surface area contributed by atoms with Crippen molar-refractivity contribution in [2.45, 2.75) is 18.6 Å². The first kappa shape index (κ1) is 13.9. The van der Waals surface area contributed by atoms with Crippen LogP contribution in [-0.4, -0.2) is 0 Å². The fourth-order valence-corrected chi connectivity index (χ4v) is 2.93. The topological polar surface area (TPSA) is 35.2 Å². The summed E-state index contributed by atoms with van der Waals surface area (Å²) in [6.07, 6.45) is 0.136. The molecule has 1 aliphatic rings. The molecule has 1 heterocycles. The van der Waals surface area contributed by atoms with Crippen LogP contribution in [0.3, 0.4) is 0 Å². The van der Waals surface area contributed by atoms with Crippen LogP contribution in [0.4, 0.5) is 4.39 Å². The van der Waals surface area contributed by atoms with Crippen LogP contribution in [0.2, 0.25) is 5.02 Å². The van der Waals surface area contributed by atoms with Gasteiger partial charge in [0.15, 0.2) is 0 Å². The number of halogens is 3. The maximum atomic E-state index is 14.0. The van der Waals surface area contributed by atoms with Gasteiger partial charge in [-0.25, -0.2) is 4.39 Å². The van der Waals surface area contributed by atoms with Crippen LogP contribution >= 0.6 is 27.5 Å². The van der Waals surface area contributed by atoms with Crippen molar-refractivity contribution in [1.29, 1.82) is 0 Å². The summed E-state index contributed by atoms with van der Waals surface area (Å²) in [4.78, 5) is 0. The van der Waals surface area contributed by atoms with Gasteiger partial charge in [-0.1, -0.05) is 39.7 Å². The lowest BCUT2D eigenvalue weighted by atomic mass is 9.93. The molecule has 5 heteroatoms. The number of hydrogen-bond acceptors (Lipinski definition) is 2. The number of rotatable bonds is 1. The molecule has 0 bridgehead atoms. The second-order valence-electron chi connectivity index (χ2n) is 4.80. The largest absolute Gasteiger partial charge is 0.485 e. The predicted octanol–water partition coefficient (Wildman–Crippen LogP) is 4.77. The fraction of sp³-hybridized carbons (Fsp3) is 0.200. The summed E-state index contributed by atoms with van der Waals surface area (Å²) in [6.45, 7) is 0. The van der Waals surface area contributed by atoms with E-state index in [2.05, 4.69) is 15.9 Å². The van der Waals surface area contributed by atoms with Crippen LogP contribution in [0.15, 0.2) is 40.9 Å². The molecule has 1 unspecified atom stereocenters. The number of hydrogen-bond donors (Lipinski definition) is 1. The van der Waals surface area contributed by atoms with E-state index >= 15 is 0 Å². The molecule has 0 saturated carbocycles. The molecule has 0 saturated heterocycles. The van der Waals surface area contributed by atoms with Gasteiger partial charge in [0.1, 0.15) is 17.7 Å². The van der Waals surface area contributed by atoms with Crippen LogP contribution in [0.25, 0.3) is 0 Å². The van der Waals surface area contributed by atoms with Crippen LogP contribution < -0.4 is 10.5 Å². The van der Waals surface area contributed by atoms with Gasteiger partial charge in [0.2, 0.25) is 0 Å². The summed E-state index contributed by atoms with van der Waals surface area (Å²) in [5, 5.41) is 0.370. The number of benzene rings is 2. The Hall–Kier alpha value is -1.10. The Kier molecular flexibility index (Phi) is 3.71. The zero-order chi connectivity index (χ0) is 14.3. The molecule has 104 valence electrons. The molecule has 0 spiro atoms. The van der Waals surface area contributed by atoms with E-state index in [0.29, 0.717) is 22.8 Å². The van der Waals surface area contributed by atoms with E-state index in [1.807, 2.05) is 18.2 Å². The molecule has 1 aliphatic heterocycles. The lowest BCUT2D eigenvalue weighted by molar-refractivity contribution is 0.157. The first-order chi connectivity index (χ1) is 9.54. The predicted molar refractivity (Wildman–Crippen MR) is 80.5 cm³/mol. The van der Waals surface area contributed by atoms with Gasteiger partial charge in [0, 0.05) is 33.1 Å². The molecule has 2 N–H and O–H groups in total. The third-order valence-electron chi connectivity index (χ3n) is 3.42. The van der Waals surface area contributed by atoms with Crippen LogP contribution in [0.1, 0.15) is 29.7 Å². The second kappa shape index (κ2) is 5.35. The van der Waals surface area contributed by atoms with Crippen molar-refractivity contribution >= 4 is 27.5 Å². The Morgan fingerprint density at radius 3 is 2.70 bits per heavy atom. The standard InChI is InChI=1S/C15H12BrClFNO/c16-8-1-3-11-13(19)7-15(20-14(11)5-8)10-4-2-9(17)6-12(10)18/h1-6,13,15H,7,19H2/t13-,15?/m1/s1. The minimum Gasteiger partial charge on any atom is -0.485 e. The van der Waals surface area contributed by atoms with Gasteiger partial charge in [0.25, 0.3) is 0 Å². The molecule has 20 heavy (non-hydrogen) atoms. The second-order valence-corrected chi connectivity index (χ2v) is 6.15. The Balaban J connectivity index is 1.98. The third kappa shape index (κ3) is 2.55. The summed E-state index contributed by atoms with van der Waals surface area (Å²) in [5.41, 5.74) is 7.59. The zero-order valence-electron chi connectivity index (χ0n) is 10.4. The van der Waals surface area contributed by atoms with Crippen molar-refractivity contribution in [3.8, 4) is 5.75 Å². The Labute approximate surface area is 129 Å². The van der Waals surface area contributed by atoms with Gasteiger partial charge in [-0.05, 0) is 24.3 Å². The average molecular weight is 357 g/mol. The molecule has 2 nitrogen and oxygen atoms in total. The highest BCUT2D eigenvalue weighted by Gasteiger charge is 2.28. The van der Waals surface area contributed by atoms with E-state index in [4.69, 9.17) is 22.1 Å². The molecule has 0 aliphatic carbocycles. The highest BCUT2D eigenvalue weighted by atomic mass is 79.9. The van der Waals surface area contributed by atoms with Gasteiger partial charge in [-0.2, -0.15) is 0 Å². The Morgan fingerprint density at radius 1 is 1.20 bits per heavy atom. The van der Waals surface area contributed by atoms with Crippen molar-refractivity contribution in [2.24, 2.45) is 5.73 Å². The molecular weight excluding hydrogens is 345 g/mol. The SMILES string of the molecule is N[C@@H]1CC(c2ccc(Cl)cc2F)Oc2cc(Br)ccc21. The summed E-state index contributed by atoms with van der Waals surface area (Å²) in [5.74, 6) is 0.325. The number of ether oxygens (including phenoxy) is 1. The van der Waals surface area contributed by atoms with Crippen LogP contribution in [-0.2, 0) is 0 Å². The summed E-state index contributed by atoms with van der Waals surface area (Å²) in [6, 6.07) is 10.1. The number of nitrogens with two attached hydrogens (primary N) is 1. The average Bonchev–Trinajstić information content (AvgIpc) is 2.37. The van der Waals surface area contributed by atoms with E-state index in [1.54, 1.807) is 12.1 Å². The summed E-state index contributed by atoms with van der Waals surface area (Å²) in [7, 11) is 0. The van der Waals surface area contributed by atoms with Crippen molar-refractivity contribution in [1.82, 2.24) is 0 Å². The zero-order valence-corrected chi connectivity index (χ0v) is 12.8. The van der Waals surface area contributed by atoms with E-state index in [9.17, 15) is 4.39 Å². The molecule has 0 radical (unpaired) electrons. The maximum Gasteiger partial charge on any atom is 0.131 e. The van der Waals surface area contributed by atoms with Crippen molar-refractivity contribution in [3.63, 3.8) is 0 Å². The minimum absolute atomic E-state index is 0.174. The fourth-order valence-electron chi connectivity index (χ4n) is 2.43. The highest BCUT2D eigenvalue weighted by molar-refractivity contribution is 9.10. The Morgan fingerprint density at radius 2 is 1.95 bits per heavy atom. The molecule has 3 rings (SSSR count). The lowest BCUT2D eigenvalue weighted by Gasteiger charge is -2.31. The normalized spacial score (nSPS) is 21.2. The molecule has 2 aromatic carbocycles. The monoisotopic (exact) mass is 355 g/mol. The van der Waals surface area contributed by atoms with Crippen molar-refractivity contribution < 1.29 is 9.13 Å². The van der Waals surface area contributed by atoms with Crippen LogP contribution in [0, 0.1) is 5.82 Å². The minimum atomic E-state index is -0.399. The smallest absolute Gasteiger partial charge is 0.131 e. The van der Waals surface area contributed by atoms with Crippen molar-refractivity contribution in [2.75, 3.05) is 0 Å². The quantitative estimate of drug-likeness (QED) is 0.799. The van der Waals surface area contributed by atoms with E-state index in [-0.39, 0.29) is 11.9 Å². The van der Waals surface area contributed by atoms with E-state index in [1.165, 1.54) is 6.07 Å². The van der Waals surface area contributed by atoms with Gasteiger partial charge in [-0.3, -0.25) is 0 Å². The molecule has 2 atom stereocenters. The summed E-state index contributed by atoms with van der Waals surface area (Å²) >= 11 is 9.17. The van der Waals surface area contributed by atoms with Gasteiger partial charge in [0.05, 0.1) is 0 Å².